The summed E-state index contributed by atoms with van der Waals surface area (Å²) in [5, 5.41) is 3.75. The van der Waals surface area contributed by atoms with Gasteiger partial charge in [0.1, 0.15) is 11.4 Å². The fourth-order valence-corrected chi connectivity index (χ4v) is 3.68. The molecule has 4 rings (SSSR count). The first-order chi connectivity index (χ1) is 15.0. The number of benzene rings is 3. The molecule has 156 valence electrons. The van der Waals surface area contributed by atoms with E-state index in [0.29, 0.717) is 27.6 Å². The lowest BCUT2D eigenvalue weighted by Gasteiger charge is -2.16. The predicted molar refractivity (Wildman–Crippen MR) is 122 cm³/mol. The van der Waals surface area contributed by atoms with Gasteiger partial charge in [0.15, 0.2) is 0 Å². The Kier molecular flexibility index (Phi) is 5.78. The van der Waals surface area contributed by atoms with E-state index in [1.807, 2.05) is 43.3 Å². The Bertz CT molecular complexity index is 1170. The fourth-order valence-electron chi connectivity index (χ4n) is 3.50. The summed E-state index contributed by atoms with van der Waals surface area (Å²) >= 11 is 6.25. The quantitative estimate of drug-likeness (QED) is 0.554. The molecular formula is C25H21ClN2O3. The third-order valence-corrected chi connectivity index (χ3v) is 5.67. The van der Waals surface area contributed by atoms with Gasteiger partial charge in [-0.1, -0.05) is 60.1 Å². The summed E-state index contributed by atoms with van der Waals surface area (Å²) in [5.41, 5.74) is 3.54. The second kappa shape index (κ2) is 8.66. The standard InChI is InChI=1S/C25H21ClN2O3/c1-16-20(26)9-6-10-21(16)27-23-22(18-11-13-19(31-2)14-12-18)24(29)28(25(23)30)15-17-7-4-3-5-8-17/h3-14,27H,15H2,1-2H3. The van der Waals surface area contributed by atoms with Crippen molar-refractivity contribution in [2.24, 2.45) is 0 Å². The van der Waals surface area contributed by atoms with Crippen molar-refractivity contribution < 1.29 is 14.3 Å². The minimum atomic E-state index is -0.376. The van der Waals surface area contributed by atoms with Crippen LogP contribution in [0.25, 0.3) is 5.57 Å². The van der Waals surface area contributed by atoms with Gasteiger partial charge in [-0.25, -0.2) is 0 Å². The zero-order chi connectivity index (χ0) is 22.0. The largest absolute Gasteiger partial charge is 0.497 e. The maximum Gasteiger partial charge on any atom is 0.278 e. The number of halogens is 1. The molecule has 0 atom stereocenters. The maximum absolute atomic E-state index is 13.4. The van der Waals surface area contributed by atoms with Gasteiger partial charge in [-0.2, -0.15) is 0 Å². The van der Waals surface area contributed by atoms with E-state index in [1.165, 1.54) is 4.90 Å². The SMILES string of the molecule is COc1ccc(C2=C(Nc3cccc(Cl)c3C)C(=O)N(Cc3ccccc3)C2=O)cc1. The first-order valence-electron chi connectivity index (χ1n) is 9.80. The lowest BCUT2D eigenvalue weighted by atomic mass is 10.0. The number of carbonyl (C=O) groups is 2. The number of rotatable bonds is 6. The van der Waals surface area contributed by atoms with Crippen LogP contribution >= 0.6 is 11.6 Å². The van der Waals surface area contributed by atoms with Crippen LogP contribution in [0.2, 0.25) is 5.02 Å². The lowest BCUT2D eigenvalue weighted by Crippen LogP contribution is -2.32. The van der Waals surface area contributed by atoms with E-state index in [2.05, 4.69) is 5.32 Å². The summed E-state index contributed by atoms with van der Waals surface area (Å²) in [6, 6.07) is 21.9. The van der Waals surface area contributed by atoms with E-state index in [9.17, 15) is 9.59 Å². The van der Waals surface area contributed by atoms with Crippen LogP contribution in [0, 0.1) is 6.92 Å². The van der Waals surface area contributed by atoms with Gasteiger partial charge in [0, 0.05) is 10.7 Å². The molecule has 0 saturated carbocycles. The second-order valence-corrected chi connectivity index (χ2v) is 7.61. The van der Waals surface area contributed by atoms with Crippen LogP contribution in [0.5, 0.6) is 5.75 Å². The molecule has 3 aromatic rings. The van der Waals surface area contributed by atoms with Crippen molar-refractivity contribution in [3.8, 4) is 5.75 Å². The molecule has 1 heterocycles. The van der Waals surface area contributed by atoms with Gasteiger partial charge < -0.3 is 10.1 Å². The van der Waals surface area contributed by atoms with Crippen LogP contribution in [0.3, 0.4) is 0 Å². The van der Waals surface area contributed by atoms with Crippen molar-refractivity contribution >= 4 is 34.7 Å². The summed E-state index contributed by atoms with van der Waals surface area (Å²) < 4.78 is 5.22. The molecule has 1 N–H and O–H groups in total. The molecule has 1 aliphatic heterocycles. The van der Waals surface area contributed by atoms with Crippen molar-refractivity contribution in [3.63, 3.8) is 0 Å². The highest BCUT2D eigenvalue weighted by atomic mass is 35.5. The Hall–Kier alpha value is -3.57. The molecule has 6 heteroatoms. The molecule has 1 aliphatic rings. The van der Waals surface area contributed by atoms with Gasteiger partial charge in [0.05, 0.1) is 19.2 Å². The molecule has 3 aromatic carbocycles. The topological polar surface area (TPSA) is 58.6 Å². The Labute approximate surface area is 185 Å². The number of hydrogen-bond acceptors (Lipinski definition) is 4. The zero-order valence-electron chi connectivity index (χ0n) is 17.2. The summed E-state index contributed by atoms with van der Waals surface area (Å²) in [5.74, 6) is -0.0530. The predicted octanol–water partition coefficient (Wildman–Crippen LogP) is 5.05. The van der Waals surface area contributed by atoms with Crippen molar-refractivity contribution in [3.05, 3.63) is 100 Å². The van der Waals surface area contributed by atoms with Gasteiger partial charge in [0.2, 0.25) is 0 Å². The van der Waals surface area contributed by atoms with Crippen molar-refractivity contribution in [2.75, 3.05) is 12.4 Å². The summed E-state index contributed by atoms with van der Waals surface area (Å²) in [7, 11) is 1.58. The molecule has 0 radical (unpaired) electrons. The molecule has 0 saturated heterocycles. The minimum Gasteiger partial charge on any atom is -0.497 e. The molecule has 2 amide bonds. The number of hydrogen-bond donors (Lipinski definition) is 1. The molecule has 0 aliphatic carbocycles. The van der Waals surface area contributed by atoms with Crippen LogP contribution in [-0.2, 0) is 16.1 Å². The molecule has 0 aromatic heterocycles. The number of nitrogens with zero attached hydrogens (tertiary/aromatic N) is 1. The Morgan fingerprint density at radius 2 is 1.61 bits per heavy atom. The number of ether oxygens (including phenoxy) is 1. The Morgan fingerprint density at radius 3 is 2.29 bits per heavy atom. The van der Waals surface area contributed by atoms with Gasteiger partial charge in [-0.15, -0.1) is 0 Å². The maximum atomic E-state index is 13.4. The van der Waals surface area contributed by atoms with E-state index >= 15 is 0 Å². The zero-order valence-corrected chi connectivity index (χ0v) is 17.9. The molecular weight excluding hydrogens is 412 g/mol. The van der Waals surface area contributed by atoms with Crippen LogP contribution in [-0.4, -0.2) is 23.8 Å². The molecule has 0 unspecified atom stereocenters. The van der Waals surface area contributed by atoms with E-state index in [1.54, 1.807) is 43.5 Å². The third kappa shape index (κ3) is 4.05. The first-order valence-corrected chi connectivity index (χ1v) is 10.2. The highest BCUT2D eigenvalue weighted by Crippen LogP contribution is 2.34. The van der Waals surface area contributed by atoms with Crippen LogP contribution in [0.1, 0.15) is 16.7 Å². The number of amides is 2. The van der Waals surface area contributed by atoms with Crippen LogP contribution < -0.4 is 10.1 Å². The molecule has 0 fully saturated rings. The van der Waals surface area contributed by atoms with Crippen molar-refractivity contribution in [2.45, 2.75) is 13.5 Å². The van der Waals surface area contributed by atoms with E-state index in [0.717, 1.165) is 11.1 Å². The average molecular weight is 433 g/mol. The van der Waals surface area contributed by atoms with Gasteiger partial charge in [0.25, 0.3) is 11.8 Å². The summed E-state index contributed by atoms with van der Waals surface area (Å²) in [6.07, 6.45) is 0. The van der Waals surface area contributed by atoms with E-state index < -0.39 is 0 Å². The number of carbonyl (C=O) groups excluding carboxylic acids is 2. The Balaban J connectivity index is 1.77. The Morgan fingerprint density at radius 1 is 0.903 bits per heavy atom. The smallest absolute Gasteiger partial charge is 0.278 e. The third-order valence-electron chi connectivity index (χ3n) is 5.26. The fraction of sp³-hybridized carbons (Fsp3) is 0.120. The van der Waals surface area contributed by atoms with Gasteiger partial charge in [-0.05, 0) is 47.9 Å². The average Bonchev–Trinajstić information content (AvgIpc) is 3.02. The first kappa shape index (κ1) is 20.7. The normalized spacial score (nSPS) is 13.7. The van der Waals surface area contributed by atoms with E-state index in [-0.39, 0.29) is 24.1 Å². The molecule has 0 spiro atoms. The highest BCUT2D eigenvalue weighted by molar-refractivity contribution is 6.36. The number of methoxy groups -OCH3 is 1. The number of imide groups is 1. The summed E-state index contributed by atoms with van der Waals surface area (Å²) in [6.45, 7) is 2.05. The van der Waals surface area contributed by atoms with Crippen molar-refractivity contribution in [1.29, 1.82) is 0 Å². The van der Waals surface area contributed by atoms with Crippen molar-refractivity contribution in [1.82, 2.24) is 4.90 Å². The molecule has 31 heavy (non-hydrogen) atoms. The van der Waals surface area contributed by atoms with E-state index in [4.69, 9.17) is 16.3 Å². The minimum absolute atomic E-state index is 0.192. The monoisotopic (exact) mass is 432 g/mol. The molecule has 5 nitrogen and oxygen atoms in total. The van der Waals surface area contributed by atoms with Gasteiger partial charge in [-0.3, -0.25) is 14.5 Å². The van der Waals surface area contributed by atoms with Crippen LogP contribution in [0.4, 0.5) is 5.69 Å². The van der Waals surface area contributed by atoms with Crippen LogP contribution in [0.15, 0.2) is 78.5 Å². The lowest BCUT2D eigenvalue weighted by molar-refractivity contribution is -0.137. The highest BCUT2D eigenvalue weighted by Gasteiger charge is 2.39. The number of nitrogens with one attached hydrogen (secondary N) is 1. The summed E-state index contributed by atoms with van der Waals surface area (Å²) in [4.78, 5) is 28.0. The number of anilines is 1. The van der Waals surface area contributed by atoms with Gasteiger partial charge >= 0.3 is 0 Å². The second-order valence-electron chi connectivity index (χ2n) is 7.20. The molecule has 0 bridgehead atoms.